The molecule has 38 heavy (non-hydrogen) atoms. The van der Waals surface area contributed by atoms with Crippen LogP contribution in [0.25, 0.3) is 0 Å². The molecule has 0 atom stereocenters. The van der Waals surface area contributed by atoms with Crippen LogP contribution in [0.4, 0.5) is 11.9 Å². The van der Waals surface area contributed by atoms with Gasteiger partial charge in [-0.05, 0) is 67.2 Å². The zero-order valence-corrected chi connectivity index (χ0v) is 25.8. The molecule has 0 saturated carbocycles. The lowest BCUT2D eigenvalue weighted by Gasteiger charge is -2.52. The van der Waals surface area contributed by atoms with Crippen LogP contribution in [0.3, 0.4) is 0 Å². The van der Waals surface area contributed by atoms with Gasteiger partial charge in [0.25, 0.3) is 0 Å². The predicted molar refractivity (Wildman–Crippen MR) is 158 cm³/mol. The average Bonchev–Trinajstić information content (AvgIpc) is 2.77. The van der Waals surface area contributed by atoms with Crippen molar-refractivity contribution in [2.24, 2.45) is 5.73 Å². The molecule has 218 valence electrons. The van der Waals surface area contributed by atoms with Gasteiger partial charge in [0.05, 0.1) is 18.9 Å². The molecule has 9 heteroatoms. The average molecular weight is 533 g/mol. The van der Waals surface area contributed by atoms with Crippen LogP contribution in [-0.2, 0) is 10.2 Å². The maximum absolute atomic E-state index is 6.69. The van der Waals surface area contributed by atoms with Gasteiger partial charge in [0.1, 0.15) is 5.82 Å². The van der Waals surface area contributed by atoms with Crippen LogP contribution in [-0.4, -0.2) is 82.0 Å². The summed E-state index contributed by atoms with van der Waals surface area (Å²) in [6, 6.07) is 0.490. The molecule has 2 fully saturated rings. The van der Waals surface area contributed by atoms with Gasteiger partial charge in [-0.3, -0.25) is 4.90 Å². The summed E-state index contributed by atoms with van der Waals surface area (Å²) in [6.45, 7) is 25.0. The van der Waals surface area contributed by atoms with Gasteiger partial charge >= 0.3 is 0 Å². The van der Waals surface area contributed by atoms with Crippen molar-refractivity contribution in [2.45, 2.75) is 129 Å². The first-order valence-electron chi connectivity index (χ1n) is 14.7. The van der Waals surface area contributed by atoms with E-state index in [4.69, 9.17) is 25.4 Å². The van der Waals surface area contributed by atoms with Crippen molar-refractivity contribution < 1.29 is 4.74 Å². The van der Waals surface area contributed by atoms with Crippen molar-refractivity contribution in [3.8, 4) is 0 Å². The van der Waals surface area contributed by atoms with E-state index in [0.29, 0.717) is 25.2 Å². The monoisotopic (exact) mass is 532 g/mol. The highest BCUT2D eigenvalue weighted by atomic mass is 16.5. The smallest absolute Gasteiger partial charge is 0.230 e. The Morgan fingerprint density at radius 2 is 1.55 bits per heavy atom. The van der Waals surface area contributed by atoms with Crippen molar-refractivity contribution in [3.05, 3.63) is 5.82 Å². The van der Waals surface area contributed by atoms with E-state index in [1.54, 1.807) is 0 Å². The van der Waals surface area contributed by atoms with Crippen LogP contribution in [0.5, 0.6) is 0 Å². The van der Waals surface area contributed by atoms with E-state index in [-0.39, 0.29) is 22.2 Å². The van der Waals surface area contributed by atoms with Gasteiger partial charge in [0.2, 0.25) is 11.9 Å². The van der Waals surface area contributed by atoms with Crippen LogP contribution < -0.4 is 21.3 Å². The van der Waals surface area contributed by atoms with Crippen molar-refractivity contribution in [2.75, 3.05) is 49.6 Å². The van der Waals surface area contributed by atoms with E-state index in [2.05, 4.69) is 82.7 Å². The van der Waals surface area contributed by atoms with E-state index in [0.717, 1.165) is 63.6 Å². The minimum Gasteiger partial charge on any atom is -0.378 e. The summed E-state index contributed by atoms with van der Waals surface area (Å²) >= 11 is 0. The van der Waals surface area contributed by atoms with Gasteiger partial charge in [0, 0.05) is 48.7 Å². The van der Waals surface area contributed by atoms with E-state index in [1.165, 1.54) is 12.8 Å². The fourth-order valence-electron chi connectivity index (χ4n) is 6.07. The lowest BCUT2D eigenvalue weighted by Crippen LogP contribution is -2.66. The number of piperidine rings is 1. The second kappa shape index (κ2) is 12.3. The van der Waals surface area contributed by atoms with Crippen LogP contribution in [0.1, 0.15) is 107 Å². The van der Waals surface area contributed by atoms with Crippen LogP contribution in [0, 0.1) is 0 Å². The Balaban J connectivity index is 1.49. The number of aromatic nitrogens is 3. The summed E-state index contributed by atoms with van der Waals surface area (Å²) in [5.41, 5.74) is 6.46. The molecule has 1 aromatic rings. The maximum Gasteiger partial charge on any atom is 0.230 e. The largest absolute Gasteiger partial charge is 0.378 e. The SMILES string of the molecule is CC1(C)CC(N(CCCCCCNc2nc(N3CCOCC3)nc(C(C)(C)C)n2)C(C)(C)N)CC(C)(C)N1. The Bertz CT molecular complexity index is 868. The molecule has 0 amide bonds. The Hall–Kier alpha value is -1.55. The Morgan fingerprint density at radius 3 is 2.13 bits per heavy atom. The third kappa shape index (κ3) is 9.28. The molecule has 3 rings (SSSR count). The molecule has 9 nitrogen and oxygen atoms in total. The number of nitrogens with two attached hydrogens (primary N) is 1. The molecule has 2 aliphatic rings. The van der Waals surface area contributed by atoms with Crippen LogP contribution in [0.15, 0.2) is 0 Å². The van der Waals surface area contributed by atoms with E-state index in [1.807, 2.05) is 0 Å². The maximum atomic E-state index is 6.69. The van der Waals surface area contributed by atoms with Gasteiger partial charge in [-0.15, -0.1) is 0 Å². The molecule has 1 aromatic heterocycles. The van der Waals surface area contributed by atoms with Gasteiger partial charge in [-0.25, -0.2) is 0 Å². The van der Waals surface area contributed by atoms with Crippen molar-refractivity contribution in [1.82, 2.24) is 25.2 Å². The second-order valence-corrected chi connectivity index (χ2v) is 14.3. The molecule has 4 N–H and O–H groups in total. The first kappa shape index (κ1) is 31.0. The number of hydrogen-bond donors (Lipinski definition) is 3. The highest BCUT2D eigenvalue weighted by Gasteiger charge is 2.42. The summed E-state index contributed by atoms with van der Waals surface area (Å²) in [4.78, 5) is 19.0. The molecule has 2 aliphatic heterocycles. The molecule has 0 aliphatic carbocycles. The van der Waals surface area contributed by atoms with E-state index >= 15 is 0 Å². The van der Waals surface area contributed by atoms with Gasteiger partial charge < -0.3 is 26.0 Å². The topological polar surface area (TPSA) is 104 Å². The molecule has 0 unspecified atom stereocenters. The van der Waals surface area contributed by atoms with Crippen LogP contribution >= 0.6 is 0 Å². The van der Waals surface area contributed by atoms with Crippen molar-refractivity contribution in [1.29, 1.82) is 0 Å². The first-order chi connectivity index (χ1) is 17.6. The quantitative estimate of drug-likeness (QED) is 0.284. The number of anilines is 2. The number of ether oxygens (including phenoxy) is 1. The third-order valence-corrected chi connectivity index (χ3v) is 7.55. The summed E-state index contributed by atoms with van der Waals surface area (Å²) in [7, 11) is 0. The zero-order chi connectivity index (χ0) is 28.2. The number of unbranched alkanes of at least 4 members (excludes halogenated alkanes) is 3. The van der Waals surface area contributed by atoms with Gasteiger partial charge in [-0.2, -0.15) is 15.0 Å². The predicted octanol–water partition coefficient (Wildman–Crippen LogP) is 4.28. The number of morpholine rings is 1. The minimum atomic E-state index is -0.322. The molecule has 0 bridgehead atoms. The lowest BCUT2D eigenvalue weighted by atomic mass is 9.78. The summed E-state index contributed by atoms with van der Waals surface area (Å²) in [5, 5.41) is 7.28. The van der Waals surface area contributed by atoms with Gasteiger partial charge in [0.15, 0.2) is 0 Å². The van der Waals surface area contributed by atoms with Gasteiger partial charge in [-0.1, -0.05) is 33.6 Å². The van der Waals surface area contributed by atoms with E-state index < -0.39 is 0 Å². The Labute approximate surface area is 232 Å². The minimum absolute atomic E-state index is 0.116. The molecule has 3 heterocycles. The van der Waals surface area contributed by atoms with Crippen LogP contribution in [0.2, 0.25) is 0 Å². The highest BCUT2D eigenvalue weighted by molar-refractivity contribution is 5.38. The van der Waals surface area contributed by atoms with E-state index in [9.17, 15) is 0 Å². The summed E-state index contributed by atoms with van der Waals surface area (Å²) in [6.07, 6.45) is 6.85. The second-order valence-electron chi connectivity index (χ2n) is 14.3. The fraction of sp³-hybridized carbons (Fsp3) is 0.897. The normalized spacial score (nSPS) is 20.7. The summed E-state index contributed by atoms with van der Waals surface area (Å²) < 4.78 is 5.51. The van der Waals surface area contributed by atoms with Crippen molar-refractivity contribution >= 4 is 11.9 Å². The molecule has 0 radical (unpaired) electrons. The fourth-order valence-corrected chi connectivity index (χ4v) is 6.07. The number of nitrogens with zero attached hydrogens (tertiary/aromatic N) is 5. The number of hydrogen-bond acceptors (Lipinski definition) is 9. The standard InChI is InChI=1S/C29H56N8O/c1-26(2,3)23-32-24(34-25(33-23)36-16-18-38-19-17-36)31-14-12-10-11-13-15-37(29(8,9)30)22-20-27(4,5)35-28(6,7)21-22/h22,35H,10-21,30H2,1-9H3,(H,31,32,33,34). The summed E-state index contributed by atoms with van der Waals surface area (Å²) in [5.74, 6) is 2.26. The zero-order valence-electron chi connectivity index (χ0n) is 25.8. The molecule has 0 aromatic carbocycles. The molecule has 2 saturated heterocycles. The molecular formula is C29H56N8O. The number of nitrogens with one attached hydrogen (secondary N) is 2. The number of rotatable bonds is 11. The Kier molecular flexibility index (Phi) is 10.0. The molecule has 0 spiro atoms. The lowest BCUT2D eigenvalue weighted by molar-refractivity contribution is 0.00602. The first-order valence-corrected chi connectivity index (χ1v) is 14.7. The Morgan fingerprint density at radius 1 is 0.947 bits per heavy atom. The molecular weight excluding hydrogens is 476 g/mol. The third-order valence-electron chi connectivity index (χ3n) is 7.55. The highest BCUT2D eigenvalue weighted by Crippen LogP contribution is 2.34. The van der Waals surface area contributed by atoms with Crippen molar-refractivity contribution in [3.63, 3.8) is 0 Å².